The lowest BCUT2D eigenvalue weighted by Gasteiger charge is -2.46. The van der Waals surface area contributed by atoms with Gasteiger partial charge in [-0.2, -0.15) is 0 Å². The molecule has 0 spiro atoms. The minimum absolute atomic E-state index is 0.254. The van der Waals surface area contributed by atoms with E-state index in [1.54, 1.807) is 6.08 Å². The predicted octanol–water partition coefficient (Wildman–Crippen LogP) is 12.1. The summed E-state index contributed by atoms with van der Waals surface area (Å²) in [6, 6.07) is -0.945. The van der Waals surface area contributed by atoms with Crippen LogP contribution in [0.15, 0.2) is 146 Å². The van der Waals surface area contributed by atoms with Crippen LogP contribution < -0.4 is 5.32 Å². The lowest BCUT2D eigenvalue weighted by atomic mass is 9.97. The van der Waals surface area contributed by atoms with Crippen molar-refractivity contribution in [3.05, 3.63) is 146 Å². The van der Waals surface area contributed by atoms with Crippen molar-refractivity contribution in [3.63, 3.8) is 0 Å². The molecule has 84 heavy (non-hydrogen) atoms. The molecule has 14 heteroatoms. The molecule has 0 saturated carbocycles. The molecule has 9 N–H and O–H groups in total. The van der Waals surface area contributed by atoms with Gasteiger partial charge in [0.05, 0.1) is 32.0 Å². The standard InChI is InChI=1S/C70H113NO13/c1-3-5-7-9-11-13-15-16-17-18-19-20-21-22-23-24-25-26-27-28-29-30-31-32-33-34-35-36-37-38-39-40-41-42-44-46-48-50-52-54-62(75)71-58(59(74)53-51-49-47-45-43-14-12-10-8-6-4-2)57-81-69-67(80)65(78)68(61(56-73)83-69)84-70-66(79)64(77)63(76)60(55-72)82-70/h5,7,11,13,16-17,19-20,22-23,25-26,28-29,31-32,34-35,37-38,43,45,51,53,58-61,63-70,72-74,76-80H,3-4,6,8-10,12,14-15,18,21,24,27,30,33,36,39-42,44,46-50,52,54-57H2,1-2H3,(H,71,75)/b7-5-,13-11-,17-16-,20-19-,23-22-,26-25-,29-28-,32-31-,35-34-,38-37-,45-43+,53-51+. The lowest BCUT2D eigenvalue weighted by molar-refractivity contribution is -0.359. The first-order chi connectivity index (χ1) is 41.1. The summed E-state index contributed by atoms with van der Waals surface area (Å²) in [6.45, 7) is 2.60. The molecule has 14 nitrogen and oxygen atoms in total. The van der Waals surface area contributed by atoms with E-state index in [1.165, 1.54) is 51.4 Å². The molecule has 2 aliphatic heterocycles. The minimum atomic E-state index is -1.80. The van der Waals surface area contributed by atoms with E-state index in [0.717, 1.165) is 109 Å². The number of carbonyl (C=O) groups excluding carboxylic acids is 1. The first-order valence-corrected chi connectivity index (χ1v) is 32.1. The van der Waals surface area contributed by atoms with Crippen LogP contribution in [0.5, 0.6) is 0 Å². The molecule has 0 bridgehead atoms. The zero-order chi connectivity index (χ0) is 60.9. The van der Waals surface area contributed by atoms with E-state index >= 15 is 0 Å². The summed E-state index contributed by atoms with van der Waals surface area (Å²) in [5.41, 5.74) is 0. The summed E-state index contributed by atoms with van der Waals surface area (Å²) in [6.07, 6.45) is 63.4. The van der Waals surface area contributed by atoms with Gasteiger partial charge in [0.15, 0.2) is 12.6 Å². The maximum atomic E-state index is 13.2. The number of rotatable bonds is 49. The smallest absolute Gasteiger partial charge is 0.220 e. The number of allylic oxidation sites excluding steroid dienone is 23. The van der Waals surface area contributed by atoms with E-state index < -0.39 is 86.8 Å². The number of hydrogen-bond donors (Lipinski definition) is 9. The molecule has 2 saturated heterocycles. The second-order valence-electron chi connectivity index (χ2n) is 21.8. The van der Waals surface area contributed by atoms with Crippen molar-refractivity contribution in [2.45, 2.75) is 267 Å². The van der Waals surface area contributed by atoms with Gasteiger partial charge in [0.25, 0.3) is 0 Å². The van der Waals surface area contributed by atoms with Crippen molar-refractivity contribution >= 4 is 5.91 Å². The zero-order valence-corrected chi connectivity index (χ0v) is 51.3. The van der Waals surface area contributed by atoms with Crippen molar-refractivity contribution in [2.75, 3.05) is 19.8 Å². The van der Waals surface area contributed by atoms with Crippen LogP contribution in [0.4, 0.5) is 0 Å². The molecule has 0 aliphatic carbocycles. The molecular formula is C70H113NO13. The highest BCUT2D eigenvalue weighted by Crippen LogP contribution is 2.30. The Morgan fingerprint density at radius 2 is 0.833 bits per heavy atom. The van der Waals surface area contributed by atoms with Gasteiger partial charge in [-0.15, -0.1) is 0 Å². The van der Waals surface area contributed by atoms with Gasteiger partial charge in [0.1, 0.15) is 48.8 Å². The Bertz CT molecular complexity index is 1970. The molecule has 2 fully saturated rings. The maximum Gasteiger partial charge on any atom is 0.220 e. The quantitative estimate of drug-likeness (QED) is 0.0204. The third kappa shape index (κ3) is 37.4. The Labute approximate surface area is 506 Å². The van der Waals surface area contributed by atoms with Crippen LogP contribution in [0.25, 0.3) is 0 Å². The lowest BCUT2D eigenvalue weighted by Crippen LogP contribution is -2.65. The molecule has 2 rings (SSSR count). The second-order valence-corrected chi connectivity index (χ2v) is 21.8. The molecule has 0 aromatic rings. The Balaban J connectivity index is 1.63. The first kappa shape index (κ1) is 76.0. The van der Waals surface area contributed by atoms with E-state index in [4.69, 9.17) is 18.9 Å². The SMILES string of the molecule is CC/C=C\C/C=C\C/C=C\C/C=C\C/C=C\C/C=C\C/C=C\C/C=C\C/C=C\C/C=C\CCCCCCCCCCC(=O)NC(COC1OC(CO)C(OC2OC(CO)C(O)C(O)C2O)C(O)C1O)C(O)/C=C/CC/C=C/CCCCCCC. The van der Waals surface area contributed by atoms with Crippen molar-refractivity contribution in [3.8, 4) is 0 Å². The monoisotopic (exact) mass is 1180 g/mol. The van der Waals surface area contributed by atoms with Crippen LogP contribution in [0.3, 0.4) is 0 Å². The van der Waals surface area contributed by atoms with Crippen LogP contribution in [-0.4, -0.2) is 140 Å². The van der Waals surface area contributed by atoms with E-state index in [-0.39, 0.29) is 18.9 Å². The summed E-state index contributed by atoms with van der Waals surface area (Å²) in [5, 5.41) is 86.9. The number of ether oxygens (including phenoxy) is 4. The highest BCUT2D eigenvalue weighted by atomic mass is 16.7. The van der Waals surface area contributed by atoms with Crippen LogP contribution >= 0.6 is 0 Å². The first-order valence-electron chi connectivity index (χ1n) is 32.1. The summed E-state index contributed by atoms with van der Waals surface area (Å²) < 4.78 is 22.7. The van der Waals surface area contributed by atoms with Crippen molar-refractivity contribution < 1.29 is 64.6 Å². The molecule has 2 aliphatic rings. The Hall–Kier alpha value is -4.13. The molecule has 476 valence electrons. The highest BCUT2D eigenvalue weighted by molar-refractivity contribution is 5.76. The normalized spacial score (nSPS) is 24.7. The summed E-state index contributed by atoms with van der Waals surface area (Å²) in [4.78, 5) is 13.2. The largest absolute Gasteiger partial charge is 0.394 e. The van der Waals surface area contributed by atoms with E-state index in [1.807, 2.05) is 6.08 Å². The third-order valence-corrected chi connectivity index (χ3v) is 14.5. The topological polar surface area (TPSA) is 228 Å². The summed E-state index contributed by atoms with van der Waals surface area (Å²) >= 11 is 0. The molecule has 2 heterocycles. The van der Waals surface area contributed by atoms with Crippen LogP contribution in [0.1, 0.15) is 194 Å². The number of aliphatic hydroxyl groups is 8. The van der Waals surface area contributed by atoms with Gasteiger partial charge in [0, 0.05) is 6.42 Å². The number of hydrogen-bond acceptors (Lipinski definition) is 13. The predicted molar refractivity (Wildman–Crippen MR) is 341 cm³/mol. The average molecular weight is 1180 g/mol. The van der Waals surface area contributed by atoms with Gasteiger partial charge in [0.2, 0.25) is 5.91 Å². The molecule has 12 atom stereocenters. The van der Waals surface area contributed by atoms with Gasteiger partial charge < -0.3 is 65.1 Å². The average Bonchev–Trinajstić information content (AvgIpc) is 3.59. The van der Waals surface area contributed by atoms with Crippen LogP contribution in [-0.2, 0) is 23.7 Å². The summed E-state index contributed by atoms with van der Waals surface area (Å²) in [5.74, 6) is -0.267. The van der Waals surface area contributed by atoms with Crippen LogP contribution in [0, 0.1) is 0 Å². The fourth-order valence-corrected chi connectivity index (χ4v) is 9.39. The minimum Gasteiger partial charge on any atom is -0.394 e. The molecule has 1 amide bonds. The molecule has 0 radical (unpaired) electrons. The van der Waals surface area contributed by atoms with Gasteiger partial charge in [-0.05, 0) is 109 Å². The number of carbonyl (C=O) groups is 1. The van der Waals surface area contributed by atoms with Crippen molar-refractivity contribution in [1.29, 1.82) is 0 Å². The van der Waals surface area contributed by atoms with Gasteiger partial charge in [-0.3, -0.25) is 4.79 Å². The molecule has 0 aromatic carbocycles. The Morgan fingerprint density at radius 3 is 1.31 bits per heavy atom. The van der Waals surface area contributed by atoms with E-state index in [2.05, 4.69) is 153 Å². The van der Waals surface area contributed by atoms with Gasteiger partial charge >= 0.3 is 0 Å². The van der Waals surface area contributed by atoms with Crippen LogP contribution in [0.2, 0.25) is 0 Å². The Morgan fingerprint density at radius 1 is 0.440 bits per heavy atom. The van der Waals surface area contributed by atoms with Crippen molar-refractivity contribution in [2.24, 2.45) is 0 Å². The van der Waals surface area contributed by atoms with Gasteiger partial charge in [-0.1, -0.05) is 224 Å². The maximum absolute atomic E-state index is 13.2. The third-order valence-electron chi connectivity index (χ3n) is 14.5. The van der Waals surface area contributed by atoms with E-state index in [0.29, 0.717) is 12.8 Å². The Kier molecular flexibility index (Phi) is 48.1. The molecular weight excluding hydrogens is 1060 g/mol. The van der Waals surface area contributed by atoms with Gasteiger partial charge in [-0.25, -0.2) is 0 Å². The fraction of sp³-hybridized carbons (Fsp3) is 0.643. The highest BCUT2D eigenvalue weighted by Gasteiger charge is 2.51. The number of nitrogens with one attached hydrogen (secondary N) is 1. The number of amides is 1. The van der Waals surface area contributed by atoms with E-state index in [9.17, 15) is 45.6 Å². The fourth-order valence-electron chi connectivity index (χ4n) is 9.39. The second kappa shape index (κ2) is 53.1. The summed E-state index contributed by atoms with van der Waals surface area (Å²) in [7, 11) is 0. The number of aliphatic hydroxyl groups excluding tert-OH is 8. The molecule has 0 aromatic heterocycles. The van der Waals surface area contributed by atoms with Crippen molar-refractivity contribution in [1.82, 2.24) is 5.32 Å². The number of unbranched alkanes of at least 4 members (excludes halogenated alkanes) is 14. The molecule has 12 unspecified atom stereocenters. The zero-order valence-electron chi connectivity index (χ0n) is 51.3.